The summed E-state index contributed by atoms with van der Waals surface area (Å²) in [5.41, 5.74) is 0.897. The topological polar surface area (TPSA) is 41.9 Å². The van der Waals surface area contributed by atoms with Crippen molar-refractivity contribution < 1.29 is 9.53 Å². The molecule has 0 fully saturated rings. The Morgan fingerprint density at radius 3 is 3.16 bits per heavy atom. The predicted molar refractivity (Wildman–Crippen MR) is 77.5 cm³/mol. The van der Waals surface area contributed by atoms with Gasteiger partial charge in [0.05, 0.1) is 25.3 Å². The average Bonchev–Trinajstić information content (AvgIpc) is 2.80. The van der Waals surface area contributed by atoms with Gasteiger partial charge < -0.3 is 4.74 Å². The number of alkyl halides is 1. The van der Waals surface area contributed by atoms with Crippen molar-refractivity contribution in [3.05, 3.63) is 18.2 Å². The number of thioether (sulfide) groups is 1. The Hall–Kier alpha value is -1.20. The number of amides is 1. The molecule has 0 N–H and O–H groups in total. The van der Waals surface area contributed by atoms with E-state index in [9.17, 15) is 4.79 Å². The lowest BCUT2D eigenvalue weighted by Crippen LogP contribution is -2.42. The van der Waals surface area contributed by atoms with Gasteiger partial charge in [-0.15, -0.1) is 11.6 Å². The Morgan fingerprint density at radius 2 is 2.42 bits per heavy atom. The molecule has 3 rings (SSSR count). The standard InChI is InChI=1S/C13H13ClN2O2S/c1-18-9-2-3-10-11(6-9)19-13-15-7-8(4-5-14)12(17)16(10)13/h2-3,6,8H,4-5,7H2,1H3. The van der Waals surface area contributed by atoms with Crippen LogP contribution in [0, 0.1) is 5.92 Å². The summed E-state index contributed by atoms with van der Waals surface area (Å²) in [5.74, 6) is 1.27. The zero-order valence-corrected chi connectivity index (χ0v) is 12.0. The number of rotatable bonds is 3. The molecule has 0 saturated carbocycles. The highest BCUT2D eigenvalue weighted by Gasteiger charge is 2.38. The molecule has 2 heterocycles. The molecule has 0 aliphatic carbocycles. The van der Waals surface area contributed by atoms with E-state index in [1.54, 1.807) is 12.0 Å². The summed E-state index contributed by atoms with van der Waals surface area (Å²) >= 11 is 7.26. The second-order valence-corrected chi connectivity index (χ2v) is 5.79. The molecule has 0 saturated heterocycles. The Labute approximate surface area is 120 Å². The van der Waals surface area contributed by atoms with Crippen LogP contribution >= 0.6 is 23.4 Å². The summed E-state index contributed by atoms with van der Waals surface area (Å²) in [5, 5.41) is 0.763. The maximum absolute atomic E-state index is 12.5. The van der Waals surface area contributed by atoms with Crippen LogP contribution in [0.2, 0.25) is 0 Å². The van der Waals surface area contributed by atoms with E-state index in [2.05, 4.69) is 4.99 Å². The summed E-state index contributed by atoms with van der Waals surface area (Å²) in [6, 6.07) is 5.70. The van der Waals surface area contributed by atoms with Gasteiger partial charge >= 0.3 is 0 Å². The molecule has 2 aliphatic rings. The Balaban J connectivity index is 1.97. The fourth-order valence-corrected chi connectivity index (χ4v) is 3.56. The van der Waals surface area contributed by atoms with E-state index in [0.29, 0.717) is 18.8 Å². The van der Waals surface area contributed by atoms with E-state index in [1.807, 2.05) is 18.2 Å². The molecule has 100 valence electrons. The molecule has 2 aliphatic heterocycles. The smallest absolute Gasteiger partial charge is 0.238 e. The Morgan fingerprint density at radius 1 is 1.58 bits per heavy atom. The number of carbonyl (C=O) groups excluding carboxylic acids is 1. The molecular formula is C13H13ClN2O2S. The second kappa shape index (κ2) is 5.06. The van der Waals surface area contributed by atoms with Crippen molar-refractivity contribution >= 4 is 40.1 Å². The summed E-state index contributed by atoms with van der Waals surface area (Å²) in [6.07, 6.45) is 0.670. The van der Waals surface area contributed by atoms with Crippen molar-refractivity contribution in [2.45, 2.75) is 11.3 Å². The lowest BCUT2D eigenvalue weighted by atomic mass is 10.0. The highest BCUT2D eigenvalue weighted by molar-refractivity contribution is 8.15. The number of benzene rings is 1. The highest BCUT2D eigenvalue weighted by Crippen LogP contribution is 2.44. The minimum absolute atomic E-state index is 0.0991. The molecule has 19 heavy (non-hydrogen) atoms. The number of anilines is 1. The van der Waals surface area contributed by atoms with Gasteiger partial charge in [0.15, 0.2) is 5.17 Å². The fourth-order valence-electron chi connectivity index (χ4n) is 2.25. The summed E-state index contributed by atoms with van der Waals surface area (Å²) in [6.45, 7) is 0.537. The van der Waals surface area contributed by atoms with Crippen LogP contribution in [0.15, 0.2) is 28.1 Å². The molecule has 1 aromatic carbocycles. The van der Waals surface area contributed by atoms with Gasteiger partial charge in [-0.3, -0.25) is 14.7 Å². The van der Waals surface area contributed by atoms with E-state index in [4.69, 9.17) is 16.3 Å². The first-order valence-electron chi connectivity index (χ1n) is 6.05. The number of nitrogens with zero attached hydrogens (tertiary/aromatic N) is 2. The number of hydrogen-bond acceptors (Lipinski definition) is 4. The number of halogens is 1. The zero-order chi connectivity index (χ0) is 13.4. The molecule has 1 amide bonds. The van der Waals surface area contributed by atoms with E-state index in [1.165, 1.54) is 11.8 Å². The molecule has 0 aromatic heterocycles. The van der Waals surface area contributed by atoms with Crippen molar-refractivity contribution in [2.75, 3.05) is 24.4 Å². The number of carbonyl (C=O) groups is 1. The number of amidine groups is 1. The van der Waals surface area contributed by atoms with Gasteiger partial charge in [-0.2, -0.15) is 0 Å². The maximum Gasteiger partial charge on any atom is 0.238 e. The third-order valence-corrected chi connectivity index (χ3v) is 4.53. The van der Waals surface area contributed by atoms with Crippen molar-refractivity contribution in [1.82, 2.24) is 0 Å². The largest absolute Gasteiger partial charge is 0.497 e. The van der Waals surface area contributed by atoms with E-state index < -0.39 is 0 Å². The zero-order valence-electron chi connectivity index (χ0n) is 10.4. The highest BCUT2D eigenvalue weighted by atomic mass is 35.5. The predicted octanol–water partition coefficient (Wildman–Crippen LogP) is 2.75. The molecule has 0 bridgehead atoms. The first-order valence-corrected chi connectivity index (χ1v) is 7.40. The van der Waals surface area contributed by atoms with E-state index >= 15 is 0 Å². The number of aliphatic imine (C=N–C) groups is 1. The molecular weight excluding hydrogens is 284 g/mol. The van der Waals surface area contributed by atoms with Crippen LogP contribution in [0.3, 0.4) is 0 Å². The molecule has 4 nitrogen and oxygen atoms in total. The minimum atomic E-state index is -0.102. The lowest BCUT2D eigenvalue weighted by molar-refractivity contribution is -0.121. The van der Waals surface area contributed by atoms with Gasteiger partial charge in [0, 0.05) is 10.8 Å². The van der Waals surface area contributed by atoms with Gasteiger partial charge in [-0.05, 0) is 36.4 Å². The number of hydrogen-bond donors (Lipinski definition) is 0. The van der Waals surface area contributed by atoms with E-state index in [-0.39, 0.29) is 11.8 Å². The monoisotopic (exact) mass is 296 g/mol. The summed E-state index contributed by atoms with van der Waals surface area (Å²) in [7, 11) is 1.63. The summed E-state index contributed by atoms with van der Waals surface area (Å²) < 4.78 is 5.21. The van der Waals surface area contributed by atoms with Gasteiger partial charge in [0.1, 0.15) is 5.75 Å². The van der Waals surface area contributed by atoms with Crippen molar-refractivity contribution in [2.24, 2.45) is 10.9 Å². The quantitative estimate of drug-likeness (QED) is 0.806. The molecule has 6 heteroatoms. The van der Waals surface area contributed by atoms with E-state index in [0.717, 1.165) is 21.5 Å². The Kier molecular flexibility index (Phi) is 3.41. The minimum Gasteiger partial charge on any atom is -0.497 e. The number of methoxy groups -OCH3 is 1. The molecule has 1 aromatic rings. The Bertz CT molecular complexity index is 562. The molecule has 1 atom stereocenters. The van der Waals surface area contributed by atoms with Gasteiger partial charge in [-0.1, -0.05) is 0 Å². The number of fused-ring (bicyclic) bond motifs is 3. The van der Waals surface area contributed by atoms with Gasteiger partial charge in [-0.25, -0.2) is 0 Å². The molecule has 0 spiro atoms. The van der Waals surface area contributed by atoms with Crippen LogP contribution in [0.4, 0.5) is 5.69 Å². The average molecular weight is 297 g/mol. The van der Waals surface area contributed by atoms with Crippen LogP contribution in [-0.4, -0.2) is 30.6 Å². The van der Waals surface area contributed by atoms with Gasteiger partial charge in [0.25, 0.3) is 0 Å². The fraction of sp³-hybridized carbons (Fsp3) is 0.385. The first kappa shape index (κ1) is 12.8. The van der Waals surface area contributed by atoms with Gasteiger partial charge in [0.2, 0.25) is 5.91 Å². The van der Waals surface area contributed by atoms with Crippen molar-refractivity contribution in [3.8, 4) is 5.75 Å². The van der Waals surface area contributed by atoms with Crippen molar-refractivity contribution in [1.29, 1.82) is 0 Å². The third-order valence-electron chi connectivity index (χ3n) is 3.27. The second-order valence-electron chi connectivity index (χ2n) is 4.41. The first-order chi connectivity index (χ1) is 9.24. The van der Waals surface area contributed by atoms with Crippen LogP contribution in [0.1, 0.15) is 6.42 Å². The SMILES string of the molecule is COc1ccc2c(c1)SC1=NCC(CCCl)C(=O)N12. The van der Waals surface area contributed by atoms with Crippen molar-refractivity contribution in [3.63, 3.8) is 0 Å². The normalized spacial score (nSPS) is 20.9. The number of ether oxygens (including phenoxy) is 1. The maximum atomic E-state index is 12.5. The van der Waals surface area contributed by atoms with Crippen LogP contribution in [0.25, 0.3) is 0 Å². The molecule has 1 unspecified atom stereocenters. The van der Waals surface area contributed by atoms with Crippen LogP contribution < -0.4 is 9.64 Å². The third kappa shape index (κ3) is 2.11. The van der Waals surface area contributed by atoms with Crippen LogP contribution in [-0.2, 0) is 4.79 Å². The molecule has 0 radical (unpaired) electrons. The summed E-state index contributed by atoms with van der Waals surface area (Å²) in [4.78, 5) is 19.7. The van der Waals surface area contributed by atoms with Crippen LogP contribution in [0.5, 0.6) is 5.75 Å². The lowest BCUT2D eigenvalue weighted by Gasteiger charge is -2.26.